The topological polar surface area (TPSA) is 55.7 Å². The average molecular weight is 259 g/mol. The second-order valence-electron chi connectivity index (χ2n) is 4.28. The maximum Gasteiger partial charge on any atom is 0.135 e. The second kappa shape index (κ2) is 5.27. The molecule has 2 aromatic heterocycles. The monoisotopic (exact) mass is 259 g/mol. The summed E-state index contributed by atoms with van der Waals surface area (Å²) in [5.74, 6) is 0. The lowest BCUT2D eigenvalue weighted by Gasteiger charge is -2.16. The minimum absolute atomic E-state index is 0.521. The van der Waals surface area contributed by atoms with Crippen LogP contribution in [-0.4, -0.2) is 26.0 Å². The Balaban J connectivity index is 2.41. The molecule has 2 aromatic rings. The van der Waals surface area contributed by atoms with Gasteiger partial charge in [0.1, 0.15) is 17.0 Å². The van der Waals surface area contributed by atoms with Gasteiger partial charge in [-0.05, 0) is 26.0 Å². The van der Waals surface area contributed by atoms with Crippen LogP contribution in [0.4, 0.5) is 0 Å². The Labute approximate surface area is 110 Å². The van der Waals surface area contributed by atoms with Crippen molar-refractivity contribution >= 4 is 18.0 Å². The molecule has 0 aliphatic carbocycles. The molecule has 0 atom stereocenters. The first kappa shape index (κ1) is 12.7. The molecule has 18 heavy (non-hydrogen) atoms. The quantitative estimate of drug-likeness (QED) is 0.624. The maximum atomic E-state index is 11.0. The molecule has 0 saturated heterocycles. The van der Waals surface area contributed by atoms with Gasteiger partial charge in [-0.15, -0.1) is 0 Å². The molecular formula is C13H13N3OS. The first-order valence-electron chi connectivity index (χ1n) is 5.49. The summed E-state index contributed by atoms with van der Waals surface area (Å²) in [6, 6.07) is 3.78. The number of thioether (sulfide) groups is 1. The van der Waals surface area contributed by atoms with E-state index in [1.807, 2.05) is 26.0 Å². The van der Waals surface area contributed by atoms with E-state index in [2.05, 4.69) is 15.0 Å². The predicted octanol–water partition coefficient (Wildman–Crippen LogP) is 2.61. The lowest BCUT2D eigenvalue weighted by Crippen LogP contribution is -2.16. The highest BCUT2D eigenvalue weighted by molar-refractivity contribution is 8.01. The van der Waals surface area contributed by atoms with E-state index < -0.39 is 4.75 Å². The summed E-state index contributed by atoms with van der Waals surface area (Å²) in [6.07, 6.45) is 7.63. The largest absolute Gasteiger partial charge is 0.302 e. The van der Waals surface area contributed by atoms with Crippen LogP contribution in [0.2, 0.25) is 0 Å². The summed E-state index contributed by atoms with van der Waals surface area (Å²) in [6.45, 7) is 3.71. The fourth-order valence-corrected chi connectivity index (χ4v) is 2.30. The van der Waals surface area contributed by atoms with Gasteiger partial charge in [-0.2, -0.15) is 0 Å². The van der Waals surface area contributed by atoms with Gasteiger partial charge in [0.2, 0.25) is 0 Å². The van der Waals surface area contributed by atoms with Gasteiger partial charge in [0.25, 0.3) is 0 Å². The van der Waals surface area contributed by atoms with E-state index in [1.54, 1.807) is 24.8 Å². The molecule has 0 radical (unpaired) electrons. The SMILES string of the molecule is CC(C)(C=O)Sc1nccnc1-c1cccnc1. The molecule has 0 saturated carbocycles. The number of aromatic nitrogens is 3. The number of carbonyl (C=O) groups excluding carboxylic acids is 1. The highest BCUT2D eigenvalue weighted by Crippen LogP contribution is 2.34. The van der Waals surface area contributed by atoms with Gasteiger partial charge in [-0.1, -0.05) is 11.8 Å². The molecule has 5 heteroatoms. The van der Waals surface area contributed by atoms with Crippen LogP contribution in [0.25, 0.3) is 11.3 Å². The minimum atomic E-state index is -0.521. The summed E-state index contributed by atoms with van der Waals surface area (Å²) in [7, 11) is 0. The first-order chi connectivity index (χ1) is 8.62. The van der Waals surface area contributed by atoms with Crippen LogP contribution < -0.4 is 0 Å². The Morgan fingerprint density at radius 1 is 1.22 bits per heavy atom. The predicted molar refractivity (Wildman–Crippen MR) is 71.3 cm³/mol. The molecule has 0 bridgehead atoms. The zero-order chi connectivity index (χ0) is 13.0. The standard InChI is InChI=1S/C13H13N3OS/c1-13(2,9-17)18-12-11(15-6-7-16-12)10-4-3-5-14-8-10/h3-9H,1-2H3. The average Bonchev–Trinajstić information content (AvgIpc) is 2.40. The molecule has 2 heterocycles. The molecule has 2 rings (SSSR count). The Bertz CT molecular complexity index is 543. The molecule has 0 aliphatic rings. The second-order valence-corrected chi connectivity index (χ2v) is 5.92. The van der Waals surface area contributed by atoms with E-state index in [0.717, 1.165) is 22.6 Å². The number of hydrogen-bond acceptors (Lipinski definition) is 5. The number of nitrogens with zero attached hydrogens (tertiary/aromatic N) is 3. The van der Waals surface area contributed by atoms with Gasteiger partial charge in [-0.3, -0.25) is 9.97 Å². The third kappa shape index (κ3) is 2.92. The number of carbonyl (C=O) groups is 1. The molecule has 0 fully saturated rings. The van der Waals surface area contributed by atoms with Crippen LogP contribution in [-0.2, 0) is 4.79 Å². The van der Waals surface area contributed by atoms with Gasteiger partial charge in [0.15, 0.2) is 0 Å². The smallest absolute Gasteiger partial charge is 0.135 e. The molecule has 0 aromatic carbocycles. The fourth-order valence-electron chi connectivity index (χ4n) is 1.37. The summed E-state index contributed by atoms with van der Waals surface area (Å²) in [4.78, 5) is 23.7. The van der Waals surface area contributed by atoms with Crippen molar-refractivity contribution in [1.29, 1.82) is 0 Å². The molecular weight excluding hydrogens is 246 g/mol. The lowest BCUT2D eigenvalue weighted by molar-refractivity contribution is -0.109. The van der Waals surface area contributed by atoms with Crippen molar-refractivity contribution in [3.63, 3.8) is 0 Å². The van der Waals surface area contributed by atoms with Crippen molar-refractivity contribution in [2.45, 2.75) is 23.6 Å². The van der Waals surface area contributed by atoms with Crippen molar-refractivity contribution in [3.05, 3.63) is 36.9 Å². The van der Waals surface area contributed by atoms with Crippen LogP contribution in [0.3, 0.4) is 0 Å². The zero-order valence-electron chi connectivity index (χ0n) is 10.2. The van der Waals surface area contributed by atoms with Gasteiger partial charge in [0, 0.05) is 30.4 Å². The van der Waals surface area contributed by atoms with Gasteiger partial charge < -0.3 is 4.79 Å². The highest BCUT2D eigenvalue weighted by atomic mass is 32.2. The number of pyridine rings is 1. The van der Waals surface area contributed by atoms with E-state index >= 15 is 0 Å². The van der Waals surface area contributed by atoms with Gasteiger partial charge in [0.05, 0.1) is 4.75 Å². The first-order valence-corrected chi connectivity index (χ1v) is 6.31. The Morgan fingerprint density at radius 2 is 2.00 bits per heavy atom. The van der Waals surface area contributed by atoms with Crippen molar-refractivity contribution in [3.8, 4) is 11.3 Å². The molecule has 0 unspecified atom stereocenters. The fraction of sp³-hybridized carbons (Fsp3) is 0.231. The lowest BCUT2D eigenvalue weighted by atomic mass is 10.2. The van der Waals surface area contributed by atoms with E-state index in [0.29, 0.717) is 0 Å². The Kier molecular flexibility index (Phi) is 3.72. The van der Waals surface area contributed by atoms with E-state index in [4.69, 9.17) is 0 Å². The van der Waals surface area contributed by atoms with Gasteiger partial charge >= 0.3 is 0 Å². The summed E-state index contributed by atoms with van der Waals surface area (Å²) < 4.78 is -0.521. The molecule has 0 aliphatic heterocycles. The third-order valence-corrected chi connectivity index (χ3v) is 3.36. The van der Waals surface area contributed by atoms with Gasteiger partial charge in [-0.25, -0.2) is 4.98 Å². The van der Waals surface area contributed by atoms with Crippen LogP contribution in [0.15, 0.2) is 41.9 Å². The molecule has 4 nitrogen and oxygen atoms in total. The van der Waals surface area contributed by atoms with Crippen LogP contribution in [0.5, 0.6) is 0 Å². The summed E-state index contributed by atoms with van der Waals surface area (Å²) >= 11 is 1.40. The van der Waals surface area contributed by atoms with E-state index in [-0.39, 0.29) is 0 Å². The van der Waals surface area contributed by atoms with Crippen molar-refractivity contribution in [1.82, 2.24) is 15.0 Å². The maximum absolute atomic E-state index is 11.0. The Hall–Kier alpha value is -1.75. The van der Waals surface area contributed by atoms with Crippen LogP contribution >= 0.6 is 11.8 Å². The molecule has 0 amide bonds. The summed E-state index contributed by atoms with van der Waals surface area (Å²) in [5, 5.41) is 0.739. The Morgan fingerprint density at radius 3 is 2.67 bits per heavy atom. The molecule has 92 valence electrons. The van der Waals surface area contributed by atoms with E-state index in [9.17, 15) is 4.79 Å². The van der Waals surface area contributed by atoms with Crippen molar-refractivity contribution in [2.75, 3.05) is 0 Å². The van der Waals surface area contributed by atoms with Crippen molar-refractivity contribution < 1.29 is 4.79 Å². The third-order valence-electron chi connectivity index (χ3n) is 2.24. The molecule has 0 spiro atoms. The summed E-state index contributed by atoms with van der Waals surface area (Å²) in [5.41, 5.74) is 1.65. The normalized spacial score (nSPS) is 11.2. The van der Waals surface area contributed by atoms with Crippen molar-refractivity contribution in [2.24, 2.45) is 0 Å². The number of aldehydes is 1. The minimum Gasteiger partial charge on any atom is -0.302 e. The number of rotatable bonds is 4. The van der Waals surface area contributed by atoms with Crippen LogP contribution in [0, 0.1) is 0 Å². The zero-order valence-corrected chi connectivity index (χ0v) is 11.0. The highest BCUT2D eigenvalue weighted by Gasteiger charge is 2.21. The number of hydrogen-bond donors (Lipinski definition) is 0. The van der Waals surface area contributed by atoms with E-state index in [1.165, 1.54) is 11.8 Å². The van der Waals surface area contributed by atoms with Crippen LogP contribution in [0.1, 0.15) is 13.8 Å². The molecule has 0 N–H and O–H groups in total.